The second kappa shape index (κ2) is 7.23. The van der Waals surface area contributed by atoms with Gasteiger partial charge in [0.1, 0.15) is 0 Å². The zero-order valence-corrected chi connectivity index (χ0v) is 17.8. The van der Waals surface area contributed by atoms with Gasteiger partial charge >= 0.3 is 12.1 Å². The van der Waals surface area contributed by atoms with Crippen molar-refractivity contribution in [2.24, 2.45) is 5.41 Å². The Hall–Kier alpha value is -3.68. The van der Waals surface area contributed by atoms with Crippen LogP contribution < -0.4 is 10.6 Å². The van der Waals surface area contributed by atoms with Gasteiger partial charge in [0.2, 0.25) is 0 Å². The molecule has 0 aromatic heterocycles. The molecular weight excluding hydrogens is 396 g/mol. The van der Waals surface area contributed by atoms with E-state index in [1.54, 1.807) is 24.3 Å². The Kier molecular flexibility index (Phi) is 4.80. The van der Waals surface area contributed by atoms with E-state index in [-0.39, 0.29) is 0 Å². The third-order valence-electron chi connectivity index (χ3n) is 6.17. The van der Waals surface area contributed by atoms with Crippen LogP contribution in [-0.4, -0.2) is 47.8 Å². The van der Waals surface area contributed by atoms with E-state index in [0.717, 1.165) is 20.9 Å². The molecule has 4 rings (SSSR count). The molecule has 2 aromatic rings. The monoisotopic (exact) mass is 420 g/mol. The highest BCUT2D eigenvalue weighted by molar-refractivity contribution is 6.20. The van der Waals surface area contributed by atoms with Gasteiger partial charge in [0.05, 0.1) is 12.1 Å². The van der Waals surface area contributed by atoms with Crippen molar-refractivity contribution in [2.45, 2.75) is 25.9 Å². The summed E-state index contributed by atoms with van der Waals surface area (Å²) < 4.78 is 0. The molecule has 0 radical (unpaired) electrons. The minimum Gasteiger partial charge on any atom is -0.330 e. The highest BCUT2D eigenvalue weighted by Crippen LogP contribution is 2.50. The van der Waals surface area contributed by atoms with Crippen molar-refractivity contribution in [1.29, 1.82) is 0 Å². The summed E-state index contributed by atoms with van der Waals surface area (Å²) in [6.45, 7) is 3.85. The summed E-state index contributed by atoms with van der Waals surface area (Å²) in [6.07, 6.45) is 0. The van der Waals surface area contributed by atoms with E-state index in [0.29, 0.717) is 11.1 Å². The third-order valence-corrected chi connectivity index (χ3v) is 6.17. The molecule has 8 nitrogen and oxygen atoms in total. The summed E-state index contributed by atoms with van der Waals surface area (Å²) in [5, 5.41) is 5.57. The number of urea groups is 2. The summed E-state index contributed by atoms with van der Waals surface area (Å²) in [6, 6.07) is 11.4. The number of barbiturate groups is 1. The van der Waals surface area contributed by atoms with Crippen LogP contribution in [0.2, 0.25) is 0 Å². The Balaban J connectivity index is 1.99. The average Bonchev–Trinajstić information content (AvgIpc) is 2.76. The number of imide groups is 2. The van der Waals surface area contributed by atoms with Crippen LogP contribution >= 0.6 is 0 Å². The lowest BCUT2D eigenvalue weighted by molar-refractivity contribution is -0.163. The number of nitrogens with one attached hydrogen (secondary N) is 2. The molecule has 6 amide bonds. The predicted octanol–water partition coefficient (Wildman–Crippen LogP) is 2.44. The van der Waals surface area contributed by atoms with Gasteiger partial charge in [-0.1, -0.05) is 59.7 Å². The Morgan fingerprint density at radius 1 is 0.677 bits per heavy atom. The fourth-order valence-corrected chi connectivity index (χ4v) is 4.45. The number of hydrogen-bond acceptors (Lipinski definition) is 4. The third kappa shape index (κ3) is 2.98. The van der Waals surface area contributed by atoms with Gasteiger partial charge in [-0.25, -0.2) is 9.59 Å². The number of carbonyl (C=O) groups is 4. The Labute approximate surface area is 180 Å². The summed E-state index contributed by atoms with van der Waals surface area (Å²) >= 11 is 0. The Bertz CT molecular complexity index is 994. The quantitative estimate of drug-likeness (QED) is 0.729. The second-order valence-electron chi connectivity index (χ2n) is 8.19. The lowest BCUT2D eigenvalue weighted by Gasteiger charge is -2.52. The van der Waals surface area contributed by atoms with E-state index >= 15 is 0 Å². The number of amides is 6. The number of carbonyl (C=O) groups excluding carboxylic acids is 4. The number of nitrogens with zero attached hydrogens (tertiary/aromatic N) is 2. The molecule has 2 atom stereocenters. The topological polar surface area (TPSA) is 98.8 Å². The van der Waals surface area contributed by atoms with Crippen molar-refractivity contribution in [1.82, 2.24) is 20.4 Å². The van der Waals surface area contributed by atoms with E-state index in [9.17, 15) is 19.2 Å². The molecule has 2 unspecified atom stereocenters. The fourth-order valence-electron chi connectivity index (χ4n) is 4.45. The molecule has 0 aliphatic carbocycles. The lowest BCUT2D eigenvalue weighted by Crippen LogP contribution is -2.73. The molecule has 8 heteroatoms. The standard InChI is InChI=1S/C23H24N4O4/c1-13-5-9-15(10-6-13)17-23(19(28)26(3)22(31)27(4)20(23)29)18(25-21(30)24-17)16-11-7-14(2)8-12-16/h5-12,17-18H,1-4H3,(H2,24,25,30). The number of aryl methyl sites for hydroxylation is 2. The molecule has 2 aliphatic heterocycles. The number of hydrogen-bond donors (Lipinski definition) is 2. The minimum atomic E-state index is -1.78. The molecule has 0 bridgehead atoms. The van der Waals surface area contributed by atoms with E-state index in [1.807, 2.05) is 38.1 Å². The highest BCUT2D eigenvalue weighted by atomic mass is 16.2. The maximum atomic E-state index is 13.7. The molecule has 0 saturated carbocycles. The first kappa shape index (κ1) is 20.6. The van der Waals surface area contributed by atoms with E-state index in [2.05, 4.69) is 10.6 Å². The first-order valence-corrected chi connectivity index (χ1v) is 9.98. The molecule has 1 spiro atoms. The molecular formula is C23H24N4O4. The van der Waals surface area contributed by atoms with Crippen LogP contribution in [0.4, 0.5) is 9.59 Å². The average molecular weight is 420 g/mol. The first-order valence-electron chi connectivity index (χ1n) is 9.98. The molecule has 2 N–H and O–H groups in total. The van der Waals surface area contributed by atoms with Gasteiger partial charge in [-0.05, 0) is 25.0 Å². The largest absolute Gasteiger partial charge is 0.332 e. The van der Waals surface area contributed by atoms with Crippen LogP contribution in [0.15, 0.2) is 48.5 Å². The van der Waals surface area contributed by atoms with Gasteiger partial charge in [-0.3, -0.25) is 19.4 Å². The summed E-state index contributed by atoms with van der Waals surface area (Å²) in [5.41, 5.74) is 1.43. The molecule has 2 aromatic carbocycles. The van der Waals surface area contributed by atoms with E-state index in [4.69, 9.17) is 0 Å². The van der Waals surface area contributed by atoms with Gasteiger partial charge in [0.25, 0.3) is 11.8 Å². The minimum absolute atomic E-state index is 0.496. The van der Waals surface area contributed by atoms with Crippen LogP contribution in [0.5, 0.6) is 0 Å². The second-order valence-corrected chi connectivity index (χ2v) is 8.19. The molecule has 160 valence electrons. The zero-order chi connectivity index (χ0) is 22.5. The smallest absolute Gasteiger partial charge is 0.330 e. The molecule has 2 fully saturated rings. The van der Waals surface area contributed by atoms with Gasteiger partial charge in [-0.15, -0.1) is 0 Å². The van der Waals surface area contributed by atoms with E-state index in [1.165, 1.54) is 14.1 Å². The fraction of sp³-hybridized carbons (Fsp3) is 0.304. The van der Waals surface area contributed by atoms with Gasteiger partial charge < -0.3 is 10.6 Å². The van der Waals surface area contributed by atoms with Crippen molar-refractivity contribution in [2.75, 3.05) is 14.1 Å². The summed E-state index contributed by atoms with van der Waals surface area (Å²) in [5.74, 6) is -1.33. The van der Waals surface area contributed by atoms with Crippen molar-refractivity contribution in [3.05, 3.63) is 70.8 Å². The van der Waals surface area contributed by atoms with Crippen LogP contribution in [0.3, 0.4) is 0 Å². The van der Waals surface area contributed by atoms with Crippen LogP contribution in [-0.2, 0) is 9.59 Å². The van der Waals surface area contributed by atoms with Crippen molar-refractivity contribution >= 4 is 23.9 Å². The van der Waals surface area contributed by atoms with Crippen LogP contribution in [0.25, 0.3) is 0 Å². The predicted molar refractivity (Wildman–Crippen MR) is 113 cm³/mol. The first-order chi connectivity index (χ1) is 14.7. The van der Waals surface area contributed by atoms with Crippen LogP contribution in [0, 0.1) is 19.3 Å². The lowest BCUT2D eigenvalue weighted by atomic mass is 9.65. The van der Waals surface area contributed by atoms with Crippen LogP contribution in [0.1, 0.15) is 34.3 Å². The van der Waals surface area contributed by atoms with Crippen molar-refractivity contribution in [3.8, 4) is 0 Å². The van der Waals surface area contributed by atoms with Crippen molar-refractivity contribution in [3.63, 3.8) is 0 Å². The van der Waals surface area contributed by atoms with Gasteiger partial charge in [-0.2, -0.15) is 0 Å². The zero-order valence-electron chi connectivity index (χ0n) is 17.8. The number of rotatable bonds is 2. The summed E-state index contributed by atoms with van der Waals surface area (Å²) in [7, 11) is 2.70. The maximum Gasteiger partial charge on any atom is 0.332 e. The molecule has 31 heavy (non-hydrogen) atoms. The SMILES string of the molecule is Cc1ccc(C2NC(=O)NC(c3ccc(C)cc3)C23C(=O)N(C)C(=O)N(C)C3=O)cc1. The Morgan fingerprint density at radius 2 is 1.03 bits per heavy atom. The number of benzene rings is 2. The Morgan fingerprint density at radius 3 is 1.39 bits per heavy atom. The molecule has 2 aliphatic rings. The molecule has 2 heterocycles. The normalized spacial score (nSPS) is 23.1. The summed E-state index contributed by atoms with van der Waals surface area (Å²) in [4.78, 5) is 54.6. The highest BCUT2D eigenvalue weighted by Gasteiger charge is 2.67. The van der Waals surface area contributed by atoms with Gasteiger partial charge in [0, 0.05) is 14.1 Å². The maximum absolute atomic E-state index is 13.7. The molecule has 2 saturated heterocycles. The van der Waals surface area contributed by atoms with E-state index < -0.39 is 41.4 Å². The van der Waals surface area contributed by atoms with Gasteiger partial charge in [0.15, 0.2) is 5.41 Å². The van der Waals surface area contributed by atoms with Crippen molar-refractivity contribution < 1.29 is 19.2 Å².